The molecule has 138 valence electrons. The Bertz CT molecular complexity index is 935. The fourth-order valence-corrected chi connectivity index (χ4v) is 4.14. The minimum absolute atomic E-state index is 0.205. The summed E-state index contributed by atoms with van der Waals surface area (Å²) in [6.07, 6.45) is 0.647. The Morgan fingerprint density at radius 2 is 1.88 bits per heavy atom. The Morgan fingerprint density at radius 1 is 1.12 bits per heavy atom. The molecule has 6 nitrogen and oxygen atoms in total. The van der Waals surface area contributed by atoms with Crippen LogP contribution in [0.5, 0.6) is 0 Å². The quantitative estimate of drug-likeness (QED) is 0.792. The SMILES string of the molecule is CCC12COC(=O)N1CCN(Cc1cc(=O)oc3cc(C)c(C)cc13)C2. The van der Waals surface area contributed by atoms with Gasteiger partial charge < -0.3 is 9.15 Å². The maximum absolute atomic E-state index is 12.0. The number of aryl methyl sites for hydroxylation is 2. The summed E-state index contributed by atoms with van der Waals surface area (Å²) in [6, 6.07) is 5.62. The Hall–Kier alpha value is -2.34. The molecule has 0 aliphatic carbocycles. The summed E-state index contributed by atoms with van der Waals surface area (Å²) < 4.78 is 10.7. The zero-order valence-electron chi connectivity index (χ0n) is 15.5. The largest absolute Gasteiger partial charge is 0.447 e. The van der Waals surface area contributed by atoms with Gasteiger partial charge in [-0.3, -0.25) is 9.80 Å². The molecule has 1 aromatic heterocycles. The van der Waals surface area contributed by atoms with Crippen LogP contribution in [-0.2, 0) is 11.3 Å². The van der Waals surface area contributed by atoms with Crippen LogP contribution in [0, 0.1) is 13.8 Å². The summed E-state index contributed by atoms with van der Waals surface area (Å²) >= 11 is 0. The van der Waals surface area contributed by atoms with Crippen LogP contribution in [0.2, 0.25) is 0 Å². The summed E-state index contributed by atoms with van der Waals surface area (Å²) in [5.41, 5.74) is 3.33. The van der Waals surface area contributed by atoms with E-state index in [0.717, 1.165) is 36.0 Å². The van der Waals surface area contributed by atoms with Crippen molar-refractivity contribution in [3.63, 3.8) is 0 Å². The molecule has 3 heterocycles. The first kappa shape index (κ1) is 17.1. The highest BCUT2D eigenvalue weighted by atomic mass is 16.6. The number of fused-ring (bicyclic) bond motifs is 2. The van der Waals surface area contributed by atoms with Crippen molar-refractivity contribution in [2.45, 2.75) is 39.3 Å². The molecule has 0 N–H and O–H groups in total. The first-order valence-electron chi connectivity index (χ1n) is 9.12. The summed E-state index contributed by atoms with van der Waals surface area (Å²) in [5.74, 6) is 0. The van der Waals surface area contributed by atoms with Crippen LogP contribution in [0.1, 0.15) is 30.0 Å². The first-order chi connectivity index (χ1) is 12.4. The van der Waals surface area contributed by atoms with Crippen LogP contribution in [0.15, 0.2) is 27.4 Å². The molecule has 2 aromatic rings. The van der Waals surface area contributed by atoms with E-state index in [4.69, 9.17) is 9.15 Å². The normalized spacial score (nSPS) is 23.3. The Morgan fingerprint density at radius 3 is 2.65 bits per heavy atom. The van der Waals surface area contributed by atoms with Gasteiger partial charge in [0.25, 0.3) is 0 Å². The lowest BCUT2D eigenvalue weighted by molar-refractivity contribution is 0.0451. The highest BCUT2D eigenvalue weighted by molar-refractivity contribution is 5.81. The Balaban J connectivity index is 1.67. The van der Waals surface area contributed by atoms with Gasteiger partial charge in [-0.05, 0) is 49.1 Å². The van der Waals surface area contributed by atoms with Crippen LogP contribution in [0.4, 0.5) is 4.79 Å². The third kappa shape index (κ3) is 2.69. The molecular formula is C20H24N2O4. The lowest BCUT2D eigenvalue weighted by Gasteiger charge is -2.44. The molecule has 2 aliphatic heterocycles. The van der Waals surface area contributed by atoms with E-state index in [-0.39, 0.29) is 17.3 Å². The minimum Gasteiger partial charge on any atom is -0.447 e. The molecule has 0 spiro atoms. The maximum atomic E-state index is 12.0. The molecule has 2 aliphatic rings. The van der Waals surface area contributed by atoms with Crippen molar-refractivity contribution < 1.29 is 13.9 Å². The van der Waals surface area contributed by atoms with Crippen LogP contribution in [0.25, 0.3) is 11.0 Å². The summed E-state index contributed by atoms with van der Waals surface area (Å²) in [4.78, 5) is 28.2. The number of ether oxygens (including phenoxy) is 1. The summed E-state index contributed by atoms with van der Waals surface area (Å²) in [5, 5.41) is 0.986. The van der Waals surface area contributed by atoms with E-state index in [0.29, 0.717) is 25.3 Å². The smallest absolute Gasteiger partial charge is 0.410 e. The predicted molar refractivity (Wildman–Crippen MR) is 98.3 cm³/mol. The molecule has 0 bridgehead atoms. The number of benzene rings is 1. The van der Waals surface area contributed by atoms with Crippen LogP contribution < -0.4 is 5.63 Å². The second kappa shape index (κ2) is 6.13. The first-order valence-corrected chi connectivity index (χ1v) is 9.12. The van der Waals surface area contributed by atoms with Gasteiger partial charge in [0.15, 0.2) is 0 Å². The van der Waals surface area contributed by atoms with Crippen molar-refractivity contribution in [2.75, 3.05) is 26.2 Å². The second-order valence-corrected chi connectivity index (χ2v) is 7.52. The molecule has 0 radical (unpaired) electrons. The van der Waals surface area contributed by atoms with Gasteiger partial charge in [0.1, 0.15) is 12.2 Å². The molecule has 1 aromatic carbocycles. The van der Waals surface area contributed by atoms with Gasteiger partial charge in [0, 0.05) is 37.6 Å². The maximum Gasteiger partial charge on any atom is 0.410 e. The number of carbonyl (C=O) groups excluding carboxylic acids is 1. The molecule has 2 fully saturated rings. The van der Waals surface area contributed by atoms with E-state index in [1.54, 1.807) is 6.07 Å². The topological polar surface area (TPSA) is 63.0 Å². The van der Waals surface area contributed by atoms with Gasteiger partial charge in [-0.1, -0.05) is 6.92 Å². The van der Waals surface area contributed by atoms with Gasteiger partial charge in [0.05, 0.1) is 5.54 Å². The van der Waals surface area contributed by atoms with Crippen LogP contribution in [-0.4, -0.2) is 47.7 Å². The molecule has 26 heavy (non-hydrogen) atoms. The number of hydrogen-bond acceptors (Lipinski definition) is 5. The van der Waals surface area contributed by atoms with Crippen LogP contribution >= 0.6 is 0 Å². The predicted octanol–water partition coefficient (Wildman–Crippen LogP) is 2.83. The fourth-order valence-electron chi connectivity index (χ4n) is 4.14. The van der Waals surface area contributed by atoms with Crippen molar-refractivity contribution in [3.8, 4) is 0 Å². The standard InChI is InChI=1S/C20H24N2O4/c1-4-20-11-21(5-6-22(20)19(24)25-12-20)10-15-9-18(23)26-17-8-14(3)13(2)7-16(15)17/h7-9H,4-6,10-12H2,1-3H3. The van der Waals surface area contributed by atoms with E-state index in [1.165, 1.54) is 5.56 Å². The average Bonchev–Trinajstić information content (AvgIpc) is 2.94. The minimum atomic E-state index is -0.320. The number of carbonyl (C=O) groups is 1. The number of nitrogens with zero attached hydrogens (tertiary/aromatic N) is 2. The zero-order chi connectivity index (χ0) is 18.5. The molecular weight excluding hydrogens is 332 g/mol. The highest BCUT2D eigenvalue weighted by Gasteiger charge is 2.49. The van der Waals surface area contributed by atoms with Crippen LogP contribution in [0.3, 0.4) is 0 Å². The molecule has 2 saturated heterocycles. The van der Waals surface area contributed by atoms with E-state index in [2.05, 4.69) is 24.8 Å². The van der Waals surface area contributed by atoms with Gasteiger partial charge in [0.2, 0.25) is 0 Å². The van der Waals surface area contributed by atoms with Crippen molar-refractivity contribution in [1.82, 2.24) is 9.80 Å². The van der Waals surface area contributed by atoms with Gasteiger partial charge in [-0.2, -0.15) is 0 Å². The summed E-state index contributed by atoms with van der Waals surface area (Å²) in [7, 11) is 0. The van der Waals surface area contributed by atoms with Crippen molar-refractivity contribution in [2.24, 2.45) is 0 Å². The van der Waals surface area contributed by atoms with E-state index < -0.39 is 0 Å². The third-order valence-corrected chi connectivity index (χ3v) is 5.91. The Kier molecular flexibility index (Phi) is 4.03. The van der Waals surface area contributed by atoms with Crippen molar-refractivity contribution in [1.29, 1.82) is 0 Å². The van der Waals surface area contributed by atoms with Crippen molar-refractivity contribution >= 4 is 17.1 Å². The van der Waals surface area contributed by atoms with E-state index >= 15 is 0 Å². The Labute approximate surface area is 152 Å². The second-order valence-electron chi connectivity index (χ2n) is 7.52. The van der Waals surface area contributed by atoms with Gasteiger partial charge in [-0.25, -0.2) is 9.59 Å². The van der Waals surface area contributed by atoms with E-state index in [1.807, 2.05) is 17.9 Å². The summed E-state index contributed by atoms with van der Waals surface area (Å²) in [6.45, 7) is 9.45. The fraction of sp³-hybridized carbons (Fsp3) is 0.500. The number of rotatable bonds is 3. The number of cyclic esters (lactones) is 1. The molecule has 1 amide bonds. The number of amides is 1. The monoisotopic (exact) mass is 356 g/mol. The molecule has 6 heteroatoms. The van der Waals surface area contributed by atoms with Gasteiger partial charge in [-0.15, -0.1) is 0 Å². The average molecular weight is 356 g/mol. The van der Waals surface area contributed by atoms with Gasteiger partial charge >= 0.3 is 11.7 Å². The van der Waals surface area contributed by atoms with Crippen molar-refractivity contribution in [3.05, 3.63) is 45.3 Å². The highest BCUT2D eigenvalue weighted by Crippen LogP contribution is 2.33. The lowest BCUT2D eigenvalue weighted by atomic mass is 9.92. The molecule has 0 saturated carbocycles. The number of hydrogen-bond donors (Lipinski definition) is 0. The van der Waals surface area contributed by atoms with E-state index in [9.17, 15) is 9.59 Å². The third-order valence-electron chi connectivity index (χ3n) is 5.91. The molecule has 1 atom stereocenters. The number of piperazine rings is 1. The molecule has 1 unspecified atom stereocenters. The lowest BCUT2D eigenvalue weighted by Crippen LogP contribution is -2.60. The zero-order valence-corrected chi connectivity index (χ0v) is 15.5. The molecule has 4 rings (SSSR count).